The van der Waals surface area contributed by atoms with E-state index in [-0.39, 0.29) is 30.5 Å². The lowest BCUT2D eigenvalue weighted by molar-refractivity contribution is 0.0870. The maximum atomic E-state index is 12.4. The summed E-state index contributed by atoms with van der Waals surface area (Å²) in [7, 11) is 0. The van der Waals surface area contributed by atoms with Crippen molar-refractivity contribution < 1.29 is 13.9 Å². The third-order valence-electron chi connectivity index (χ3n) is 4.39. The standard InChI is InChI=1S/C18H21BrN2O3.ClH/c19-13-4-3-5-14(10-13)23-11-15-6-7-16(24-15)17(22)21-18(12-20)8-1-2-9-18;/h3-7,10H,1-2,8-9,11-12,20H2,(H,21,22);1H. The molecule has 1 heterocycles. The van der Waals surface area contributed by atoms with E-state index in [4.69, 9.17) is 14.9 Å². The zero-order chi connectivity index (χ0) is 17.0. The molecular weight excluding hydrogens is 408 g/mol. The number of furan rings is 1. The van der Waals surface area contributed by atoms with Gasteiger partial charge < -0.3 is 20.2 Å². The number of amides is 1. The van der Waals surface area contributed by atoms with Crippen molar-refractivity contribution in [2.45, 2.75) is 37.8 Å². The van der Waals surface area contributed by atoms with Gasteiger partial charge in [-0.1, -0.05) is 34.8 Å². The molecule has 3 N–H and O–H groups in total. The molecule has 2 aromatic rings. The summed E-state index contributed by atoms with van der Waals surface area (Å²) in [4.78, 5) is 12.4. The highest BCUT2D eigenvalue weighted by Gasteiger charge is 2.34. The number of carbonyl (C=O) groups is 1. The van der Waals surface area contributed by atoms with Crippen LogP contribution in [0.3, 0.4) is 0 Å². The largest absolute Gasteiger partial charge is 0.486 e. The highest BCUT2D eigenvalue weighted by atomic mass is 79.9. The zero-order valence-corrected chi connectivity index (χ0v) is 16.2. The Morgan fingerprint density at radius 1 is 1.28 bits per heavy atom. The number of ether oxygens (including phenoxy) is 1. The number of hydrogen-bond donors (Lipinski definition) is 2. The van der Waals surface area contributed by atoms with Crippen LogP contribution in [0.1, 0.15) is 42.0 Å². The van der Waals surface area contributed by atoms with Gasteiger partial charge in [0.1, 0.15) is 18.1 Å². The van der Waals surface area contributed by atoms with E-state index in [9.17, 15) is 4.79 Å². The fraction of sp³-hybridized carbons (Fsp3) is 0.389. The Hall–Kier alpha value is -1.50. The number of nitrogens with one attached hydrogen (secondary N) is 1. The Morgan fingerprint density at radius 3 is 2.72 bits per heavy atom. The van der Waals surface area contributed by atoms with Gasteiger partial charge in [0.05, 0.1) is 5.54 Å². The van der Waals surface area contributed by atoms with Gasteiger partial charge in [-0.15, -0.1) is 12.4 Å². The van der Waals surface area contributed by atoms with E-state index in [1.807, 2.05) is 24.3 Å². The monoisotopic (exact) mass is 428 g/mol. The van der Waals surface area contributed by atoms with Gasteiger partial charge in [-0.25, -0.2) is 0 Å². The topological polar surface area (TPSA) is 77.5 Å². The smallest absolute Gasteiger partial charge is 0.287 e. The quantitative estimate of drug-likeness (QED) is 0.726. The first kappa shape index (κ1) is 19.8. The third-order valence-corrected chi connectivity index (χ3v) is 4.89. The van der Waals surface area contributed by atoms with Gasteiger partial charge in [0.15, 0.2) is 5.76 Å². The molecule has 1 aromatic heterocycles. The molecule has 1 saturated carbocycles. The molecule has 0 atom stereocenters. The van der Waals surface area contributed by atoms with Crippen LogP contribution >= 0.6 is 28.3 Å². The molecule has 136 valence electrons. The summed E-state index contributed by atoms with van der Waals surface area (Å²) >= 11 is 3.40. The zero-order valence-electron chi connectivity index (χ0n) is 13.8. The van der Waals surface area contributed by atoms with E-state index >= 15 is 0 Å². The summed E-state index contributed by atoms with van der Waals surface area (Å²) in [6.07, 6.45) is 4.05. The first-order chi connectivity index (χ1) is 11.6. The predicted molar refractivity (Wildman–Crippen MR) is 102 cm³/mol. The number of halogens is 2. The van der Waals surface area contributed by atoms with Crippen LogP contribution in [0.2, 0.25) is 0 Å². The van der Waals surface area contributed by atoms with Crippen molar-refractivity contribution >= 4 is 34.2 Å². The highest BCUT2D eigenvalue weighted by molar-refractivity contribution is 9.10. The molecule has 1 aliphatic rings. The molecule has 0 unspecified atom stereocenters. The lowest BCUT2D eigenvalue weighted by Gasteiger charge is -2.28. The van der Waals surface area contributed by atoms with Gasteiger partial charge in [0.2, 0.25) is 0 Å². The Balaban J connectivity index is 0.00000225. The van der Waals surface area contributed by atoms with Crippen LogP contribution in [0.25, 0.3) is 0 Å². The first-order valence-electron chi connectivity index (χ1n) is 8.10. The fourth-order valence-corrected chi connectivity index (χ4v) is 3.40. The lowest BCUT2D eigenvalue weighted by atomic mass is 9.98. The molecule has 1 aromatic carbocycles. The van der Waals surface area contributed by atoms with E-state index < -0.39 is 0 Å². The van der Waals surface area contributed by atoms with Crippen LogP contribution < -0.4 is 15.8 Å². The normalized spacial score (nSPS) is 15.4. The van der Waals surface area contributed by atoms with E-state index in [0.717, 1.165) is 35.9 Å². The van der Waals surface area contributed by atoms with Crippen molar-refractivity contribution in [2.24, 2.45) is 5.73 Å². The molecule has 1 amide bonds. The number of nitrogens with two attached hydrogens (primary N) is 1. The number of carbonyl (C=O) groups excluding carboxylic acids is 1. The molecule has 0 saturated heterocycles. The fourth-order valence-electron chi connectivity index (χ4n) is 3.02. The lowest BCUT2D eigenvalue weighted by Crippen LogP contribution is -2.51. The second-order valence-electron chi connectivity index (χ2n) is 6.16. The maximum absolute atomic E-state index is 12.4. The van der Waals surface area contributed by atoms with Crippen LogP contribution in [-0.2, 0) is 6.61 Å². The van der Waals surface area contributed by atoms with Gasteiger partial charge in [0.25, 0.3) is 5.91 Å². The van der Waals surface area contributed by atoms with E-state index in [1.54, 1.807) is 12.1 Å². The highest BCUT2D eigenvalue weighted by Crippen LogP contribution is 2.29. The van der Waals surface area contributed by atoms with Crippen LogP contribution in [0.15, 0.2) is 45.3 Å². The van der Waals surface area contributed by atoms with Crippen molar-refractivity contribution in [3.8, 4) is 5.75 Å². The van der Waals surface area contributed by atoms with Gasteiger partial charge in [-0.2, -0.15) is 0 Å². The average Bonchev–Trinajstić information content (AvgIpc) is 3.23. The number of benzene rings is 1. The third kappa shape index (κ3) is 5.00. The Morgan fingerprint density at radius 2 is 2.04 bits per heavy atom. The van der Waals surface area contributed by atoms with Gasteiger partial charge in [-0.05, 0) is 43.2 Å². The molecule has 0 aliphatic heterocycles. The van der Waals surface area contributed by atoms with Crippen LogP contribution in [0, 0.1) is 0 Å². The summed E-state index contributed by atoms with van der Waals surface area (Å²) in [5, 5.41) is 3.05. The summed E-state index contributed by atoms with van der Waals surface area (Å²) < 4.78 is 12.2. The Bertz CT molecular complexity index is 714. The second kappa shape index (κ2) is 8.74. The van der Waals surface area contributed by atoms with E-state index in [1.165, 1.54) is 0 Å². The van der Waals surface area contributed by atoms with Gasteiger partial charge >= 0.3 is 0 Å². The molecular formula is C18H22BrClN2O3. The molecule has 3 rings (SSSR count). The molecule has 1 aliphatic carbocycles. The minimum absolute atomic E-state index is 0. The first-order valence-corrected chi connectivity index (χ1v) is 8.89. The minimum Gasteiger partial charge on any atom is -0.486 e. The summed E-state index contributed by atoms with van der Waals surface area (Å²) in [6.45, 7) is 0.726. The Labute approximate surface area is 161 Å². The van der Waals surface area contributed by atoms with E-state index in [0.29, 0.717) is 18.1 Å². The maximum Gasteiger partial charge on any atom is 0.287 e. The van der Waals surface area contributed by atoms with Crippen molar-refractivity contribution in [2.75, 3.05) is 6.54 Å². The molecule has 7 heteroatoms. The van der Waals surface area contributed by atoms with Gasteiger partial charge in [-0.3, -0.25) is 4.79 Å². The van der Waals surface area contributed by atoms with Crippen molar-refractivity contribution in [1.82, 2.24) is 5.32 Å². The van der Waals surface area contributed by atoms with Crippen LogP contribution in [0.5, 0.6) is 5.75 Å². The number of hydrogen-bond acceptors (Lipinski definition) is 4. The molecule has 0 radical (unpaired) electrons. The Kier molecular flexibility index (Phi) is 6.93. The summed E-state index contributed by atoms with van der Waals surface area (Å²) in [5.74, 6) is 1.42. The predicted octanol–water partition coefficient (Wildman–Crippen LogP) is 4.04. The van der Waals surface area contributed by atoms with Crippen LogP contribution in [0.4, 0.5) is 0 Å². The second-order valence-corrected chi connectivity index (χ2v) is 7.07. The van der Waals surface area contributed by atoms with Crippen molar-refractivity contribution in [3.63, 3.8) is 0 Å². The minimum atomic E-state index is -0.281. The summed E-state index contributed by atoms with van der Waals surface area (Å²) in [5.41, 5.74) is 5.57. The van der Waals surface area contributed by atoms with Crippen molar-refractivity contribution in [3.05, 3.63) is 52.4 Å². The molecule has 1 fully saturated rings. The van der Waals surface area contributed by atoms with Crippen molar-refractivity contribution in [1.29, 1.82) is 0 Å². The van der Waals surface area contributed by atoms with Gasteiger partial charge in [0, 0.05) is 11.0 Å². The SMILES string of the molecule is Cl.NCC1(NC(=O)c2ccc(COc3cccc(Br)c3)o2)CCCC1. The number of rotatable bonds is 6. The molecule has 0 bridgehead atoms. The van der Waals surface area contributed by atoms with Crippen LogP contribution in [-0.4, -0.2) is 18.0 Å². The summed E-state index contributed by atoms with van der Waals surface area (Å²) in [6, 6.07) is 11.0. The average molecular weight is 430 g/mol. The molecule has 0 spiro atoms. The van der Waals surface area contributed by atoms with E-state index in [2.05, 4.69) is 21.2 Å². The molecule has 5 nitrogen and oxygen atoms in total. The molecule has 25 heavy (non-hydrogen) atoms.